The molecule has 0 atom stereocenters. The van der Waals surface area contributed by atoms with E-state index in [1.165, 1.54) is 87.6 Å². The minimum Gasteiger partial charge on any atom is -0.0622 e. The molecule has 0 heterocycles. The molecule has 0 aliphatic heterocycles. The van der Waals surface area contributed by atoms with Gasteiger partial charge < -0.3 is 0 Å². The second-order valence-electron chi connectivity index (χ2n) is 12.2. The van der Waals surface area contributed by atoms with Crippen molar-refractivity contribution in [3.8, 4) is 44.5 Å². The van der Waals surface area contributed by atoms with E-state index >= 15 is 0 Å². The lowest BCUT2D eigenvalue weighted by atomic mass is 9.89. The molecule has 0 saturated heterocycles. The van der Waals surface area contributed by atoms with Crippen LogP contribution in [0.5, 0.6) is 0 Å². The van der Waals surface area contributed by atoms with E-state index in [1.54, 1.807) is 0 Å². The Hall–Kier alpha value is -5.98. The van der Waals surface area contributed by atoms with Gasteiger partial charge in [0, 0.05) is 0 Å². The smallest absolute Gasteiger partial charge is 0.00928 e. The highest BCUT2D eigenvalue weighted by Crippen LogP contribution is 2.40. The topological polar surface area (TPSA) is 0 Å². The fraction of sp³-hybridized carbons (Fsp3) is 0. The molecule has 0 bridgehead atoms. The monoisotopic (exact) mass is 582 g/mol. The Morgan fingerprint density at radius 1 is 0.196 bits per heavy atom. The van der Waals surface area contributed by atoms with Gasteiger partial charge in [-0.1, -0.05) is 152 Å². The maximum atomic E-state index is 2.39. The molecular formula is C46H30. The Balaban J connectivity index is 1.20. The summed E-state index contributed by atoms with van der Waals surface area (Å²) in [5, 5.41) is 10.1. The first kappa shape index (κ1) is 26.4. The van der Waals surface area contributed by atoms with Crippen molar-refractivity contribution < 1.29 is 0 Å². The third kappa shape index (κ3) is 4.55. The van der Waals surface area contributed by atoms with Crippen LogP contribution in [0.1, 0.15) is 0 Å². The number of hydrogen-bond donors (Lipinski definition) is 0. The quantitative estimate of drug-likeness (QED) is 0.181. The first-order valence-electron chi connectivity index (χ1n) is 15.9. The molecule has 0 spiro atoms. The molecule has 0 amide bonds. The second kappa shape index (κ2) is 10.9. The molecule has 9 aromatic carbocycles. The van der Waals surface area contributed by atoms with E-state index in [0.29, 0.717) is 0 Å². The van der Waals surface area contributed by atoms with Crippen LogP contribution in [-0.2, 0) is 0 Å². The summed E-state index contributed by atoms with van der Waals surface area (Å²) < 4.78 is 0. The highest BCUT2D eigenvalue weighted by molar-refractivity contribution is 6.16. The Bertz CT molecular complexity index is 2570. The second-order valence-corrected chi connectivity index (χ2v) is 12.2. The predicted molar refractivity (Wildman–Crippen MR) is 198 cm³/mol. The largest absolute Gasteiger partial charge is 0.0622 e. The van der Waals surface area contributed by atoms with Crippen LogP contribution in [0, 0.1) is 0 Å². The number of benzene rings is 9. The van der Waals surface area contributed by atoms with Crippen LogP contribution in [0.15, 0.2) is 182 Å². The van der Waals surface area contributed by atoms with E-state index in [4.69, 9.17) is 0 Å². The average Bonchev–Trinajstić information content (AvgIpc) is 3.14. The van der Waals surface area contributed by atoms with Gasteiger partial charge in [0.15, 0.2) is 0 Å². The molecule has 9 aromatic rings. The molecule has 0 nitrogen and oxygen atoms in total. The van der Waals surface area contributed by atoms with Crippen molar-refractivity contribution in [1.82, 2.24) is 0 Å². The summed E-state index contributed by atoms with van der Waals surface area (Å²) >= 11 is 0. The van der Waals surface area contributed by atoms with Gasteiger partial charge in [-0.15, -0.1) is 0 Å². The Kier molecular flexibility index (Phi) is 6.25. The predicted octanol–water partition coefficient (Wildman–Crippen LogP) is 13.0. The van der Waals surface area contributed by atoms with E-state index in [-0.39, 0.29) is 0 Å². The van der Waals surface area contributed by atoms with Gasteiger partial charge in [0.2, 0.25) is 0 Å². The van der Waals surface area contributed by atoms with Gasteiger partial charge in [0.05, 0.1) is 0 Å². The summed E-state index contributed by atoms with van der Waals surface area (Å²) in [6.45, 7) is 0. The molecule has 0 N–H and O–H groups in total. The highest BCUT2D eigenvalue weighted by Gasteiger charge is 2.13. The molecule has 0 aromatic heterocycles. The van der Waals surface area contributed by atoms with Crippen LogP contribution in [0.25, 0.3) is 87.6 Å². The van der Waals surface area contributed by atoms with Gasteiger partial charge in [-0.05, 0) is 118 Å². The third-order valence-corrected chi connectivity index (χ3v) is 9.42. The van der Waals surface area contributed by atoms with Gasteiger partial charge >= 0.3 is 0 Å². The van der Waals surface area contributed by atoms with Crippen LogP contribution in [-0.4, -0.2) is 0 Å². The molecule has 214 valence electrons. The number of rotatable bonds is 4. The van der Waals surface area contributed by atoms with Crippen LogP contribution in [0.3, 0.4) is 0 Å². The van der Waals surface area contributed by atoms with Crippen molar-refractivity contribution >= 4 is 43.1 Å². The summed E-state index contributed by atoms with van der Waals surface area (Å²) in [4.78, 5) is 0. The Labute approximate surface area is 268 Å². The molecule has 0 saturated carbocycles. The van der Waals surface area contributed by atoms with E-state index < -0.39 is 0 Å². The van der Waals surface area contributed by atoms with Crippen molar-refractivity contribution in [3.05, 3.63) is 182 Å². The zero-order valence-corrected chi connectivity index (χ0v) is 25.3. The molecule has 0 aliphatic carbocycles. The van der Waals surface area contributed by atoms with E-state index in [0.717, 1.165) is 0 Å². The molecule has 0 radical (unpaired) electrons. The molecule has 9 rings (SSSR count). The first-order chi connectivity index (χ1) is 22.8. The zero-order chi connectivity index (χ0) is 30.5. The molecule has 0 aliphatic rings. The SMILES string of the molecule is c1ccc(-c2cc3cc(-c4cccc(-c5ccc6ccccc6c5)c4)ccc3c3ccc(-c4cccc5ccccc45)cc23)cc1. The Morgan fingerprint density at radius 2 is 0.783 bits per heavy atom. The van der Waals surface area contributed by atoms with Crippen molar-refractivity contribution in [2.75, 3.05) is 0 Å². The summed E-state index contributed by atoms with van der Waals surface area (Å²) in [5.74, 6) is 0. The van der Waals surface area contributed by atoms with Crippen molar-refractivity contribution in [2.24, 2.45) is 0 Å². The molecular weight excluding hydrogens is 553 g/mol. The van der Waals surface area contributed by atoms with Gasteiger partial charge in [0.25, 0.3) is 0 Å². The lowest BCUT2D eigenvalue weighted by Crippen LogP contribution is -1.88. The molecule has 0 unspecified atom stereocenters. The van der Waals surface area contributed by atoms with Gasteiger partial charge in [-0.2, -0.15) is 0 Å². The number of hydrogen-bond acceptors (Lipinski definition) is 0. The maximum Gasteiger partial charge on any atom is -0.00928 e. The summed E-state index contributed by atoms with van der Waals surface area (Å²) in [7, 11) is 0. The van der Waals surface area contributed by atoms with Crippen LogP contribution in [0.4, 0.5) is 0 Å². The van der Waals surface area contributed by atoms with E-state index in [2.05, 4.69) is 182 Å². The zero-order valence-electron chi connectivity index (χ0n) is 25.3. The lowest BCUT2D eigenvalue weighted by molar-refractivity contribution is 1.61. The number of fused-ring (bicyclic) bond motifs is 5. The van der Waals surface area contributed by atoms with Gasteiger partial charge in [-0.25, -0.2) is 0 Å². The first-order valence-corrected chi connectivity index (χ1v) is 15.9. The van der Waals surface area contributed by atoms with Crippen molar-refractivity contribution in [2.45, 2.75) is 0 Å². The summed E-state index contributed by atoms with van der Waals surface area (Å²) in [6.07, 6.45) is 0. The molecule has 0 fully saturated rings. The van der Waals surface area contributed by atoms with Crippen LogP contribution < -0.4 is 0 Å². The molecule has 46 heavy (non-hydrogen) atoms. The molecule has 0 heteroatoms. The highest BCUT2D eigenvalue weighted by atomic mass is 14.2. The normalized spacial score (nSPS) is 11.5. The van der Waals surface area contributed by atoms with E-state index in [9.17, 15) is 0 Å². The lowest BCUT2D eigenvalue weighted by Gasteiger charge is -2.15. The van der Waals surface area contributed by atoms with Crippen LogP contribution >= 0.6 is 0 Å². The van der Waals surface area contributed by atoms with Gasteiger partial charge in [0.1, 0.15) is 0 Å². The minimum absolute atomic E-state index is 1.22. The van der Waals surface area contributed by atoms with Gasteiger partial charge in [-0.3, -0.25) is 0 Å². The fourth-order valence-corrected chi connectivity index (χ4v) is 7.09. The fourth-order valence-electron chi connectivity index (χ4n) is 7.09. The standard InChI is InChI=1S/C46H30/c1-2-11-33(12-3-1)45-30-40-28-38(36-17-8-16-35(27-36)37-21-20-31-10-4-5-14-34(31)26-37)22-24-43(40)44-25-23-39(29-46(44)45)42-19-9-15-32-13-6-7-18-41(32)42/h1-30H. The average molecular weight is 583 g/mol. The Morgan fingerprint density at radius 3 is 1.63 bits per heavy atom. The minimum atomic E-state index is 1.22. The van der Waals surface area contributed by atoms with Crippen LogP contribution in [0.2, 0.25) is 0 Å². The summed E-state index contributed by atoms with van der Waals surface area (Å²) in [5.41, 5.74) is 9.90. The maximum absolute atomic E-state index is 2.39. The third-order valence-electron chi connectivity index (χ3n) is 9.42. The van der Waals surface area contributed by atoms with E-state index in [1.807, 2.05) is 0 Å². The summed E-state index contributed by atoms with van der Waals surface area (Å²) in [6, 6.07) is 66.6. The van der Waals surface area contributed by atoms with Crippen molar-refractivity contribution in [3.63, 3.8) is 0 Å². The van der Waals surface area contributed by atoms with Crippen molar-refractivity contribution in [1.29, 1.82) is 0 Å².